The van der Waals surface area contributed by atoms with E-state index >= 15 is 0 Å². The molecule has 0 heterocycles. The lowest BCUT2D eigenvalue weighted by Crippen LogP contribution is -2.34. The van der Waals surface area contributed by atoms with Crippen LogP contribution >= 0.6 is 12.4 Å². The van der Waals surface area contributed by atoms with Crippen molar-refractivity contribution in [2.24, 2.45) is 11.7 Å². The molecular weight excluding hydrogens is 288 g/mol. The average Bonchev–Trinajstić information content (AvgIpc) is 2.44. The molecule has 1 amide bonds. The molecule has 4 nitrogen and oxygen atoms in total. The topological polar surface area (TPSA) is 55.6 Å². The summed E-state index contributed by atoms with van der Waals surface area (Å²) < 4.78 is 5.42. The number of halogens is 1. The Morgan fingerprint density at radius 2 is 2.05 bits per heavy atom. The maximum atomic E-state index is 12.3. The van der Waals surface area contributed by atoms with Crippen LogP contribution in [0.3, 0.4) is 0 Å². The highest BCUT2D eigenvalue weighted by atomic mass is 35.5. The first-order valence-corrected chi connectivity index (χ1v) is 7.19. The molecule has 2 N–H and O–H groups in total. The van der Waals surface area contributed by atoms with Gasteiger partial charge >= 0.3 is 0 Å². The lowest BCUT2D eigenvalue weighted by molar-refractivity contribution is 0.0788. The number of amides is 1. The summed E-state index contributed by atoms with van der Waals surface area (Å²) in [6.07, 6.45) is 0.811. The van der Waals surface area contributed by atoms with E-state index in [-0.39, 0.29) is 24.4 Å². The van der Waals surface area contributed by atoms with Crippen LogP contribution in [-0.4, -0.2) is 37.0 Å². The van der Waals surface area contributed by atoms with Crippen molar-refractivity contribution in [1.29, 1.82) is 0 Å². The Morgan fingerprint density at radius 1 is 1.38 bits per heavy atom. The van der Waals surface area contributed by atoms with Crippen molar-refractivity contribution in [3.63, 3.8) is 0 Å². The van der Waals surface area contributed by atoms with Gasteiger partial charge in [-0.15, -0.1) is 12.4 Å². The number of carbonyl (C=O) groups excluding carboxylic acids is 1. The normalized spacial score (nSPS) is 11.7. The van der Waals surface area contributed by atoms with Gasteiger partial charge in [0.2, 0.25) is 0 Å². The molecule has 120 valence electrons. The first-order valence-electron chi connectivity index (χ1n) is 7.19. The minimum atomic E-state index is 0. The van der Waals surface area contributed by atoms with Crippen LogP contribution < -0.4 is 10.5 Å². The Morgan fingerprint density at radius 3 is 2.62 bits per heavy atom. The zero-order valence-electron chi connectivity index (χ0n) is 13.3. The van der Waals surface area contributed by atoms with Crippen LogP contribution in [0.1, 0.15) is 37.6 Å². The minimum absolute atomic E-state index is 0. The van der Waals surface area contributed by atoms with Crippen LogP contribution in [0.25, 0.3) is 0 Å². The van der Waals surface area contributed by atoms with E-state index in [9.17, 15) is 4.79 Å². The monoisotopic (exact) mass is 314 g/mol. The van der Waals surface area contributed by atoms with Crippen molar-refractivity contribution in [1.82, 2.24) is 4.90 Å². The minimum Gasteiger partial charge on any atom is -0.494 e. The number of rotatable bonds is 7. The second-order valence-corrected chi connectivity index (χ2v) is 5.38. The zero-order valence-corrected chi connectivity index (χ0v) is 14.2. The molecule has 0 bridgehead atoms. The SMILES string of the molecule is CCOc1cccc(C(=O)N(C)CCC(N)C(C)C)c1.Cl. The van der Waals surface area contributed by atoms with Gasteiger partial charge in [-0.05, 0) is 37.5 Å². The number of carbonyl (C=O) groups is 1. The highest BCUT2D eigenvalue weighted by Crippen LogP contribution is 2.15. The second-order valence-electron chi connectivity index (χ2n) is 5.38. The smallest absolute Gasteiger partial charge is 0.253 e. The van der Waals surface area contributed by atoms with Gasteiger partial charge in [-0.2, -0.15) is 0 Å². The van der Waals surface area contributed by atoms with Crippen molar-refractivity contribution >= 4 is 18.3 Å². The molecule has 1 rings (SSSR count). The number of nitrogens with zero attached hydrogens (tertiary/aromatic N) is 1. The number of benzene rings is 1. The van der Waals surface area contributed by atoms with E-state index in [1.54, 1.807) is 11.0 Å². The van der Waals surface area contributed by atoms with Crippen molar-refractivity contribution in [2.45, 2.75) is 33.2 Å². The molecule has 1 unspecified atom stereocenters. The molecule has 0 radical (unpaired) electrons. The largest absolute Gasteiger partial charge is 0.494 e. The summed E-state index contributed by atoms with van der Waals surface area (Å²) in [4.78, 5) is 14.0. The van der Waals surface area contributed by atoms with E-state index < -0.39 is 0 Å². The van der Waals surface area contributed by atoms with Gasteiger partial charge in [-0.1, -0.05) is 19.9 Å². The third kappa shape index (κ3) is 6.36. The van der Waals surface area contributed by atoms with Gasteiger partial charge in [0.1, 0.15) is 5.75 Å². The van der Waals surface area contributed by atoms with Crippen molar-refractivity contribution in [3.8, 4) is 5.75 Å². The maximum absolute atomic E-state index is 12.3. The van der Waals surface area contributed by atoms with Crippen LogP contribution in [0.4, 0.5) is 0 Å². The van der Waals surface area contributed by atoms with Gasteiger partial charge in [-0.25, -0.2) is 0 Å². The third-order valence-corrected chi connectivity index (χ3v) is 3.39. The van der Waals surface area contributed by atoms with Gasteiger partial charge in [0, 0.05) is 25.2 Å². The molecule has 1 atom stereocenters. The van der Waals surface area contributed by atoms with Gasteiger partial charge in [0.25, 0.3) is 5.91 Å². The highest BCUT2D eigenvalue weighted by molar-refractivity contribution is 5.94. The fraction of sp³-hybridized carbons (Fsp3) is 0.562. The molecule has 5 heteroatoms. The van der Waals surface area contributed by atoms with Crippen molar-refractivity contribution in [2.75, 3.05) is 20.2 Å². The summed E-state index contributed by atoms with van der Waals surface area (Å²) in [6.45, 7) is 7.37. The van der Waals surface area contributed by atoms with Crippen molar-refractivity contribution < 1.29 is 9.53 Å². The van der Waals surface area contributed by atoms with Crippen LogP contribution in [0, 0.1) is 5.92 Å². The lowest BCUT2D eigenvalue weighted by Gasteiger charge is -2.21. The van der Waals surface area contributed by atoms with E-state index in [4.69, 9.17) is 10.5 Å². The first kappa shape index (κ1) is 19.7. The molecule has 1 aromatic carbocycles. The van der Waals surface area contributed by atoms with Crippen LogP contribution in [0.2, 0.25) is 0 Å². The highest BCUT2D eigenvalue weighted by Gasteiger charge is 2.14. The number of hydrogen-bond donors (Lipinski definition) is 1. The average molecular weight is 315 g/mol. The summed E-state index contributed by atoms with van der Waals surface area (Å²) >= 11 is 0. The molecule has 21 heavy (non-hydrogen) atoms. The molecule has 0 aromatic heterocycles. The Hall–Kier alpha value is -1.26. The van der Waals surface area contributed by atoms with E-state index in [0.29, 0.717) is 24.6 Å². The third-order valence-electron chi connectivity index (χ3n) is 3.39. The quantitative estimate of drug-likeness (QED) is 0.842. The van der Waals surface area contributed by atoms with Crippen LogP contribution in [-0.2, 0) is 0 Å². The zero-order chi connectivity index (χ0) is 15.1. The molecule has 0 aliphatic rings. The molecular formula is C16H27ClN2O2. The Kier molecular flexibility index (Phi) is 9.06. The van der Waals surface area contributed by atoms with Gasteiger partial charge < -0.3 is 15.4 Å². The first-order chi connectivity index (χ1) is 9.45. The second kappa shape index (κ2) is 9.64. The Balaban J connectivity index is 0.00000400. The summed E-state index contributed by atoms with van der Waals surface area (Å²) in [6, 6.07) is 7.41. The van der Waals surface area contributed by atoms with E-state index in [1.807, 2.05) is 32.2 Å². The fourth-order valence-corrected chi connectivity index (χ4v) is 1.88. The van der Waals surface area contributed by atoms with E-state index in [1.165, 1.54) is 0 Å². The molecule has 0 saturated heterocycles. The number of ether oxygens (including phenoxy) is 1. The van der Waals surface area contributed by atoms with E-state index in [2.05, 4.69) is 13.8 Å². The Bertz CT molecular complexity index is 438. The molecule has 0 aliphatic carbocycles. The molecule has 0 spiro atoms. The summed E-state index contributed by atoms with van der Waals surface area (Å²) in [5.41, 5.74) is 6.66. The standard InChI is InChI=1S/C16H26N2O2.ClH/c1-5-20-14-8-6-7-13(11-14)16(19)18(4)10-9-15(17)12(2)3;/h6-8,11-12,15H,5,9-10,17H2,1-4H3;1H. The van der Waals surface area contributed by atoms with Gasteiger partial charge in [0.05, 0.1) is 6.61 Å². The van der Waals surface area contributed by atoms with Crippen LogP contribution in [0.5, 0.6) is 5.75 Å². The fourth-order valence-electron chi connectivity index (χ4n) is 1.88. The summed E-state index contributed by atoms with van der Waals surface area (Å²) in [5, 5.41) is 0. The lowest BCUT2D eigenvalue weighted by atomic mass is 10.0. The number of nitrogens with two attached hydrogens (primary N) is 1. The molecule has 0 fully saturated rings. The predicted octanol–water partition coefficient (Wildman–Crippen LogP) is 2.95. The van der Waals surface area contributed by atoms with Gasteiger partial charge in [0.15, 0.2) is 0 Å². The van der Waals surface area contributed by atoms with Crippen LogP contribution in [0.15, 0.2) is 24.3 Å². The Labute approximate surface area is 134 Å². The molecule has 0 aliphatic heterocycles. The van der Waals surface area contributed by atoms with Crippen molar-refractivity contribution in [3.05, 3.63) is 29.8 Å². The molecule has 0 saturated carbocycles. The summed E-state index contributed by atoms with van der Waals surface area (Å²) in [5.74, 6) is 1.16. The van der Waals surface area contributed by atoms with Gasteiger partial charge in [-0.3, -0.25) is 4.79 Å². The van der Waals surface area contributed by atoms with E-state index in [0.717, 1.165) is 12.2 Å². The molecule has 1 aromatic rings. The number of hydrogen-bond acceptors (Lipinski definition) is 3. The maximum Gasteiger partial charge on any atom is 0.253 e. The summed E-state index contributed by atoms with van der Waals surface area (Å²) in [7, 11) is 1.81. The predicted molar refractivity (Wildman–Crippen MR) is 89.2 cm³/mol.